The molecule has 2 N–H and O–H groups in total. The van der Waals surface area contributed by atoms with Gasteiger partial charge in [0, 0.05) is 52.0 Å². The Bertz CT molecular complexity index is 1260. The average molecular weight is 388 g/mol. The number of hydrogen-bond acceptors (Lipinski definition) is 1. The van der Waals surface area contributed by atoms with Gasteiger partial charge in [0.1, 0.15) is 0 Å². The Morgan fingerprint density at radius 1 is 1.03 bits per heavy atom. The minimum Gasteiger partial charge on any atom is -0.361 e. The van der Waals surface area contributed by atoms with Crippen LogP contribution in [-0.4, -0.2) is 22.0 Å². The zero-order chi connectivity index (χ0) is 20.0. The van der Waals surface area contributed by atoms with Crippen molar-refractivity contribution in [3.05, 3.63) is 71.5 Å². The number of para-hydroxylation sites is 2. The summed E-state index contributed by atoms with van der Waals surface area (Å²) < 4.78 is 2.36. The molecule has 4 heteroatoms. The normalized spacial score (nSPS) is 20.4. The molecule has 4 aromatic rings. The van der Waals surface area contributed by atoms with Gasteiger partial charge >= 0.3 is 0 Å². The summed E-state index contributed by atoms with van der Waals surface area (Å²) in [5.74, 6) is 0.160. The number of nitrogens with zero attached hydrogens (tertiary/aromatic N) is 1. The summed E-state index contributed by atoms with van der Waals surface area (Å²) in [6, 6.07) is 14.9. The highest BCUT2D eigenvalue weighted by Gasteiger charge is 2.40. The molecule has 0 radical (unpaired) electrons. The number of hydrogen-bond donors (Lipinski definition) is 2. The number of benzene rings is 2. The van der Waals surface area contributed by atoms with Gasteiger partial charge < -0.3 is 14.9 Å². The highest BCUT2D eigenvalue weighted by Crippen LogP contribution is 2.43. The fourth-order valence-corrected chi connectivity index (χ4v) is 5.20. The second kappa shape index (κ2) is 6.86. The van der Waals surface area contributed by atoms with Gasteiger partial charge in [-0.2, -0.15) is 0 Å². The van der Waals surface area contributed by atoms with Gasteiger partial charge in [0.05, 0.1) is 11.4 Å². The van der Waals surface area contributed by atoms with Gasteiger partial charge in [0.15, 0.2) is 0 Å². The van der Waals surface area contributed by atoms with Gasteiger partial charge in [-0.1, -0.05) is 36.4 Å². The van der Waals surface area contributed by atoms with Gasteiger partial charge in [0.25, 0.3) is 0 Å². The Morgan fingerprint density at radius 2 is 1.86 bits per heavy atom. The predicted molar refractivity (Wildman–Crippen MR) is 123 cm³/mol. The lowest BCUT2D eigenvalue weighted by molar-refractivity contribution is -0.120. The monoisotopic (exact) mass is 387 g/mol. The first-order valence-electron chi connectivity index (χ1n) is 10.1. The molecule has 2 aromatic carbocycles. The zero-order valence-corrected chi connectivity index (χ0v) is 16.2. The highest BCUT2D eigenvalue weighted by molar-refractivity contribution is 5.97. The van der Waals surface area contributed by atoms with E-state index in [4.69, 9.17) is 0 Å². The topological polar surface area (TPSA) is 49.8 Å². The van der Waals surface area contributed by atoms with Crippen LogP contribution in [-0.2, 0) is 17.8 Å². The van der Waals surface area contributed by atoms with Crippen LogP contribution in [0.5, 0.6) is 0 Å². The maximum Gasteiger partial charge on any atom is 0.228 e. The molecular weight excluding hydrogens is 358 g/mol. The van der Waals surface area contributed by atoms with Crippen LogP contribution in [0.1, 0.15) is 39.2 Å². The smallest absolute Gasteiger partial charge is 0.228 e. The molecule has 150 valence electrons. The number of fused-ring (bicyclic) bond motifs is 1. The molecule has 0 spiro atoms. The number of rotatable bonds is 2. The Kier molecular flexibility index (Phi) is 4.17. The van der Waals surface area contributed by atoms with Crippen molar-refractivity contribution in [3.8, 4) is 12.8 Å². The third-order valence-corrected chi connectivity index (χ3v) is 6.39. The number of carbonyl (C=O) groups is 1. The molecule has 0 aliphatic carbocycles. The molecular formula is C25H29N3O. The van der Waals surface area contributed by atoms with E-state index in [9.17, 15) is 4.79 Å². The van der Waals surface area contributed by atoms with Gasteiger partial charge in [-0.3, -0.25) is 4.79 Å². The molecule has 1 fully saturated rings. The molecule has 1 unspecified atom stereocenters. The number of H-pyrrole nitrogens is 1. The lowest BCUT2D eigenvalue weighted by Crippen LogP contribution is -2.18. The van der Waals surface area contributed by atoms with Crippen LogP contribution in [0.4, 0.5) is 0 Å². The number of aromatic nitrogens is 2. The molecule has 0 bridgehead atoms. The Morgan fingerprint density at radius 3 is 2.76 bits per heavy atom. The van der Waals surface area contributed by atoms with Crippen molar-refractivity contribution in [2.75, 3.05) is 6.54 Å². The molecule has 1 saturated heterocycles. The van der Waals surface area contributed by atoms with Crippen molar-refractivity contribution in [2.45, 2.75) is 31.2 Å². The third-order valence-electron chi connectivity index (χ3n) is 6.39. The maximum absolute atomic E-state index is 12.9. The first-order chi connectivity index (χ1) is 14.3. The number of amides is 1. The van der Waals surface area contributed by atoms with Crippen molar-refractivity contribution in [3.63, 3.8) is 0 Å². The second-order valence-corrected chi connectivity index (χ2v) is 7.81. The Labute approximate surface area is 174 Å². The lowest BCUT2D eigenvalue weighted by atomic mass is 9.83. The molecule has 4 heterocycles. The van der Waals surface area contributed by atoms with Crippen LogP contribution in [0, 0.1) is 12.8 Å². The van der Waals surface area contributed by atoms with Crippen molar-refractivity contribution >= 4 is 27.7 Å². The zero-order valence-electron chi connectivity index (χ0n) is 16.2. The number of terminal acetylenes is 1. The van der Waals surface area contributed by atoms with Crippen molar-refractivity contribution in [1.29, 1.82) is 0 Å². The lowest BCUT2D eigenvalue weighted by Gasteiger charge is -2.16. The average Bonchev–Trinajstić information content (AvgIpc) is 3.46. The van der Waals surface area contributed by atoms with E-state index in [1.165, 1.54) is 39.4 Å². The summed E-state index contributed by atoms with van der Waals surface area (Å²) in [6.07, 6.45) is 14.6. The fraction of sp³-hybridized carbons (Fsp3) is 0.240. The minimum absolute atomic E-state index is 0. The molecule has 29 heavy (non-hydrogen) atoms. The van der Waals surface area contributed by atoms with Gasteiger partial charge in [-0.15, -0.1) is 12.8 Å². The van der Waals surface area contributed by atoms with Crippen LogP contribution in [0.3, 0.4) is 0 Å². The summed E-state index contributed by atoms with van der Waals surface area (Å²) >= 11 is 0. The Hall–Kier alpha value is -3.45. The van der Waals surface area contributed by atoms with Crippen molar-refractivity contribution in [1.82, 2.24) is 14.9 Å². The first kappa shape index (κ1) is 17.6. The molecule has 4 nitrogen and oxygen atoms in total. The van der Waals surface area contributed by atoms with Crippen LogP contribution in [0.15, 0.2) is 54.9 Å². The van der Waals surface area contributed by atoms with E-state index in [1.54, 1.807) is 0 Å². The summed E-state index contributed by atoms with van der Waals surface area (Å²) in [5, 5.41) is 5.60. The molecule has 2 aliphatic rings. The van der Waals surface area contributed by atoms with Crippen molar-refractivity contribution < 1.29 is 9.07 Å². The molecule has 2 aliphatic heterocycles. The largest absolute Gasteiger partial charge is 0.361 e. The first-order valence-corrected chi connectivity index (χ1v) is 10.1. The number of aryl methyl sites for hydroxylation is 2. The van der Waals surface area contributed by atoms with E-state index in [0.29, 0.717) is 6.54 Å². The van der Waals surface area contributed by atoms with E-state index < -0.39 is 0 Å². The van der Waals surface area contributed by atoms with Gasteiger partial charge in [0.2, 0.25) is 5.91 Å². The molecule has 1 amide bonds. The molecule has 6 rings (SSSR count). The van der Waals surface area contributed by atoms with Gasteiger partial charge in [-0.25, -0.2) is 0 Å². The standard InChI is InChI=1S/C23H21N3O.C2H2.3H2/c27-23-21(18(12-25-23)17-11-24-20-9-2-1-7-15(17)20)19-13-26-10-4-6-14-5-3-8-16(19)22(14)26;1-2;;;/h1-3,5,7-9,11,13,18,21,24H,4,6,10,12H2,(H,25,27);1-2H;3*1H/t18?,21-;;;;/m1..../s1. The second-order valence-electron chi connectivity index (χ2n) is 7.81. The van der Waals surface area contributed by atoms with E-state index in [1.807, 2.05) is 6.07 Å². The van der Waals surface area contributed by atoms with E-state index >= 15 is 0 Å². The van der Waals surface area contributed by atoms with Crippen molar-refractivity contribution in [2.24, 2.45) is 0 Å². The van der Waals surface area contributed by atoms with Crippen LogP contribution in [0.2, 0.25) is 0 Å². The maximum atomic E-state index is 12.9. The van der Waals surface area contributed by atoms with Crippen LogP contribution in [0.25, 0.3) is 21.8 Å². The quantitative estimate of drug-likeness (QED) is 0.465. The van der Waals surface area contributed by atoms with Gasteiger partial charge in [-0.05, 0) is 35.6 Å². The summed E-state index contributed by atoms with van der Waals surface area (Å²) in [6.45, 7) is 1.73. The fourth-order valence-electron chi connectivity index (χ4n) is 5.20. The molecule has 2 aromatic heterocycles. The summed E-state index contributed by atoms with van der Waals surface area (Å²) in [4.78, 5) is 16.3. The van der Waals surface area contributed by atoms with E-state index in [0.717, 1.165) is 18.5 Å². The predicted octanol–water partition coefficient (Wildman–Crippen LogP) is 5.05. The molecule has 0 saturated carbocycles. The number of carbonyl (C=O) groups excluding carboxylic acids is 1. The minimum atomic E-state index is -0.138. The highest BCUT2D eigenvalue weighted by atomic mass is 16.2. The van der Waals surface area contributed by atoms with Crippen LogP contribution >= 0.6 is 0 Å². The number of aromatic amines is 1. The van der Waals surface area contributed by atoms with Crippen LogP contribution < -0.4 is 5.32 Å². The number of nitrogens with one attached hydrogen (secondary N) is 2. The summed E-state index contributed by atoms with van der Waals surface area (Å²) in [7, 11) is 0. The summed E-state index contributed by atoms with van der Waals surface area (Å²) in [5.41, 5.74) is 6.29. The SMILES string of the molecule is C#C.O=C1NCC(c2c[nH]c3ccccc23)[C@@H]1c1cn2c3c(cccc13)CCC2.[HH].[HH].[HH]. The third kappa shape index (κ3) is 2.58. The van der Waals surface area contributed by atoms with E-state index in [-0.39, 0.29) is 22.0 Å². The Balaban J connectivity index is 0.000000708. The van der Waals surface area contributed by atoms with E-state index in [2.05, 4.69) is 76.5 Å². The molecule has 2 atom stereocenters.